The zero-order valence-electron chi connectivity index (χ0n) is 14.2. The van der Waals surface area contributed by atoms with Crippen LogP contribution >= 0.6 is 0 Å². The van der Waals surface area contributed by atoms with E-state index in [1.54, 1.807) is 3.97 Å². The lowest BCUT2D eigenvalue weighted by molar-refractivity contribution is 0.470. The Hall–Kier alpha value is -1.53. The maximum Gasteiger partial charge on any atom is 0.238 e. The Kier molecular flexibility index (Phi) is 4.04. The summed E-state index contributed by atoms with van der Waals surface area (Å²) in [6.07, 6.45) is 5.50. The van der Waals surface area contributed by atoms with Crippen LogP contribution < -0.4 is 10.2 Å². The Labute approximate surface area is 143 Å². The fraction of sp³-hybridized carbons (Fsp3) is 0.556. The van der Waals surface area contributed by atoms with E-state index in [1.807, 2.05) is 18.3 Å². The first-order valence-electron chi connectivity index (χ1n) is 8.95. The molecular weight excluding hydrogens is 322 g/mol. The summed E-state index contributed by atoms with van der Waals surface area (Å²) in [4.78, 5) is 2.44. The van der Waals surface area contributed by atoms with Crippen molar-refractivity contribution in [3.63, 3.8) is 0 Å². The molecule has 0 bridgehead atoms. The minimum atomic E-state index is -3.29. The van der Waals surface area contributed by atoms with Gasteiger partial charge >= 0.3 is 0 Å². The van der Waals surface area contributed by atoms with Crippen molar-refractivity contribution in [2.45, 2.75) is 38.6 Å². The van der Waals surface area contributed by atoms with Gasteiger partial charge in [0.2, 0.25) is 10.0 Å². The molecule has 1 aromatic heterocycles. The molecule has 1 saturated heterocycles. The number of benzene rings is 1. The van der Waals surface area contributed by atoms with Gasteiger partial charge in [0, 0.05) is 42.9 Å². The Morgan fingerprint density at radius 1 is 1.29 bits per heavy atom. The fourth-order valence-corrected chi connectivity index (χ4v) is 5.59. The minimum Gasteiger partial charge on any atom is -0.365 e. The predicted molar refractivity (Wildman–Crippen MR) is 98.4 cm³/mol. The molecule has 1 N–H and O–H groups in total. The maximum atomic E-state index is 12.8. The lowest BCUT2D eigenvalue weighted by atomic mass is 9.95. The summed E-state index contributed by atoms with van der Waals surface area (Å²) in [6, 6.07) is 6.50. The Balaban J connectivity index is 1.80. The molecule has 1 fully saturated rings. The van der Waals surface area contributed by atoms with Gasteiger partial charge in [0.1, 0.15) is 0 Å². The van der Waals surface area contributed by atoms with Crippen LogP contribution in [0.2, 0.25) is 0 Å². The van der Waals surface area contributed by atoms with Gasteiger partial charge in [-0.05, 0) is 30.5 Å². The summed E-state index contributed by atoms with van der Waals surface area (Å²) >= 11 is 0. The van der Waals surface area contributed by atoms with E-state index in [-0.39, 0.29) is 5.75 Å². The van der Waals surface area contributed by atoms with Gasteiger partial charge in [-0.3, -0.25) is 0 Å². The van der Waals surface area contributed by atoms with E-state index in [0.717, 1.165) is 56.2 Å². The highest BCUT2D eigenvalue weighted by Crippen LogP contribution is 2.38. The number of nitrogens with one attached hydrogen (secondary N) is 1. The quantitative estimate of drug-likeness (QED) is 0.844. The zero-order chi connectivity index (χ0) is 16.7. The molecule has 4 rings (SSSR count). The van der Waals surface area contributed by atoms with Crippen molar-refractivity contribution in [3.8, 4) is 0 Å². The van der Waals surface area contributed by atoms with Crippen LogP contribution in [-0.2, 0) is 16.4 Å². The molecule has 1 aromatic carbocycles. The molecule has 0 amide bonds. The molecule has 3 heterocycles. The van der Waals surface area contributed by atoms with Crippen molar-refractivity contribution in [1.82, 2.24) is 9.29 Å². The lowest BCUT2D eigenvalue weighted by Crippen LogP contribution is -2.53. The van der Waals surface area contributed by atoms with Crippen molar-refractivity contribution in [3.05, 3.63) is 30.0 Å². The first-order valence-corrected chi connectivity index (χ1v) is 10.6. The third-order valence-electron chi connectivity index (χ3n) is 5.27. The van der Waals surface area contributed by atoms with Crippen LogP contribution in [0.25, 0.3) is 10.9 Å². The Morgan fingerprint density at radius 2 is 2.17 bits per heavy atom. The number of anilines is 1. The number of piperazine rings is 1. The molecule has 0 aliphatic carbocycles. The Bertz CT molecular complexity index is 857. The molecule has 2 aliphatic rings. The van der Waals surface area contributed by atoms with Crippen LogP contribution in [0.5, 0.6) is 0 Å². The van der Waals surface area contributed by atoms with E-state index in [2.05, 4.69) is 23.2 Å². The second-order valence-corrected chi connectivity index (χ2v) is 8.87. The highest BCUT2D eigenvalue weighted by molar-refractivity contribution is 7.90. The first kappa shape index (κ1) is 16.0. The van der Waals surface area contributed by atoms with Crippen molar-refractivity contribution in [2.24, 2.45) is 0 Å². The molecular formula is C18H25N3O2S. The average molecular weight is 347 g/mol. The van der Waals surface area contributed by atoms with Crippen molar-refractivity contribution in [1.29, 1.82) is 0 Å². The van der Waals surface area contributed by atoms with Crippen LogP contribution in [0.4, 0.5) is 5.69 Å². The van der Waals surface area contributed by atoms with E-state index in [1.165, 1.54) is 11.3 Å². The van der Waals surface area contributed by atoms with Gasteiger partial charge in [0.05, 0.1) is 11.3 Å². The molecule has 0 saturated carbocycles. The van der Waals surface area contributed by atoms with E-state index in [4.69, 9.17) is 0 Å². The van der Waals surface area contributed by atoms with Crippen LogP contribution in [-0.4, -0.2) is 43.8 Å². The summed E-state index contributed by atoms with van der Waals surface area (Å²) in [7, 11) is -3.29. The van der Waals surface area contributed by atoms with E-state index >= 15 is 0 Å². The highest BCUT2D eigenvalue weighted by atomic mass is 32.2. The summed E-state index contributed by atoms with van der Waals surface area (Å²) in [6.45, 7) is 5.02. The van der Waals surface area contributed by atoms with Crippen molar-refractivity contribution in [2.75, 3.05) is 30.3 Å². The monoisotopic (exact) mass is 347 g/mol. The molecule has 1 atom stereocenters. The summed E-state index contributed by atoms with van der Waals surface area (Å²) in [5.41, 5.74) is 3.21. The molecule has 130 valence electrons. The molecule has 2 aliphatic heterocycles. The van der Waals surface area contributed by atoms with Crippen LogP contribution in [0.3, 0.4) is 0 Å². The van der Waals surface area contributed by atoms with Crippen LogP contribution in [0, 0.1) is 0 Å². The molecule has 1 unspecified atom stereocenters. The van der Waals surface area contributed by atoms with Gasteiger partial charge in [-0.2, -0.15) is 0 Å². The molecule has 6 heteroatoms. The summed E-state index contributed by atoms with van der Waals surface area (Å²) < 4.78 is 27.2. The number of hydrogen-bond acceptors (Lipinski definition) is 4. The second-order valence-electron chi connectivity index (χ2n) is 6.90. The largest absolute Gasteiger partial charge is 0.365 e. The SMILES string of the molecule is CCCCCS(=O)(=O)n1cc2c3c(cccc31)N1CCNCC1C2. The summed E-state index contributed by atoms with van der Waals surface area (Å²) in [5.74, 6) is 0.225. The first-order chi connectivity index (χ1) is 11.6. The number of nitrogens with zero attached hydrogens (tertiary/aromatic N) is 2. The zero-order valence-corrected chi connectivity index (χ0v) is 15.0. The topological polar surface area (TPSA) is 54.3 Å². The van der Waals surface area contributed by atoms with Crippen LogP contribution in [0.15, 0.2) is 24.4 Å². The maximum absolute atomic E-state index is 12.8. The standard InChI is InChI=1S/C18H25N3O2S/c1-2-3-4-10-24(22,23)21-13-14-11-15-12-19-8-9-20(15)16-6-5-7-17(21)18(14)16/h5-7,13,15,19H,2-4,8-12H2,1H3. The molecule has 5 nitrogen and oxygen atoms in total. The number of hydrogen-bond donors (Lipinski definition) is 1. The second kappa shape index (κ2) is 6.08. The third kappa shape index (κ3) is 2.52. The molecule has 0 spiro atoms. The fourth-order valence-electron chi connectivity index (χ4n) is 4.09. The van der Waals surface area contributed by atoms with Gasteiger partial charge < -0.3 is 10.2 Å². The van der Waals surface area contributed by atoms with Gasteiger partial charge in [-0.1, -0.05) is 25.8 Å². The van der Waals surface area contributed by atoms with Gasteiger partial charge in [0.25, 0.3) is 0 Å². The molecule has 24 heavy (non-hydrogen) atoms. The van der Waals surface area contributed by atoms with Crippen LogP contribution in [0.1, 0.15) is 31.7 Å². The Morgan fingerprint density at radius 3 is 3.00 bits per heavy atom. The third-order valence-corrected chi connectivity index (χ3v) is 6.98. The normalized spacial score (nSPS) is 20.4. The number of unbranched alkanes of at least 4 members (excludes halogenated alkanes) is 2. The number of rotatable bonds is 5. The number of aromatic nitrogens is 1. The average Bonchev–Trinajstić information content (AvgIpc) is 2.96. The van der Waals surface area contributed by atoms with E-state index in [9.17, 15) is 8.42 Å². The summed E-state index contributed by atoms with van der Waals surface area (Å²) in [5, 5.41) is 4.59. The van der Waals surface area contributed by atoms with Gasteiger partial charge in [-0.25, -0.2) is 12.4 Å². The van der Waals surface area contributed by atoms with E-state index < -0.39 is 10.0 Å². The number of fused-ring (bicyclic) bond motifs is 2. The van der Waals surface area contributed by atoms with Crippen molar-refractivity contribution >= 4 is 26.6 Å². The van der Waals surface area contributed by atoms with E-state index in [0.29, 0.717) is 6.04 Å². The molecule has 2 aromatic rings. The highest BCUT2D eigenvalue weighted by Gasteiger charge is 2.32. The van der Waals surface area contributed by atoms with Crippen molar-refractivity contribution < 1.29 is 8.42 Å². The molecule has 0 radical (unpaired) electrons. The predicted octanol–water partition coefficient (Wildman–Crippen LogP) is 2.34. The van der Waals surface area contributed by atoms with Gasteiger partial charge in [0.15, 0.2) is 0 Å². The lowest BCUT2D eigenvalue weighted by Gasteiger charge is -2.41. The smallest absolute Gasteiger partial charge is 0.238 e. The minimum absolute atomic E-state index is 0.225. The van der Waals surface area contributed by atoms with Gasteiger partial charge in [-0.15, -0.1) is 0 Å².